The summed E-state index contributed by atoms with van der Waals surface area (Å²) in [5, 5.41) is 3.21. The van der Waals surface area contributed by atoms with E-state index in [4.69, 9.17) is 4.74 Å². The van der Waals surface area contributed by atoms with Crippen molar-refractivity contribution in [3.05, 3.63) is 24.2 Å². The summed E-state index contributed by atoms with van der Waals surface area (Å²) < 4.78 is 7.56. The summed E-state index contributed by atoms with van der Waals surface area (Å²) in [4.78, 5) is 24.3. The molecule has 1 N–H and O–H groups in total. The van der Waals surface area contributed by atoms with E-state index >= 15 is 0 Å². The molecule has 4 rings (SSSR count). The van der Waals surface area contributed by atoms with Crippen molar-refractivity contribution >= 4 is 17.1 Å². The quantitative estimate of drug-likeness (QED) is 0.857. The van der Waals surface area contributed by atoms with Crippen molar-refractivity contribution in [3.63, 3.8) is 0 Å². The van der Waals surface area contributed by atoms with E-state index in [2.05, 4.69) is 34.0 Å². The first kappa shape index (κ1) is 19.3. The van der Waals surface area contributed by atoms with Crippen molar-refractivity contribution in [1.29, 1.82) is 0 Å². The molecule has 0 spiro atoms. The number of carbonyl (C=O) groups is 1. The van der Waals surface area contributed by atoms with Crippen LogP contribution in [0.25, 0.3) is 11.2 Å². The lowest BCUT2D eigenvalue weighted by Gasteiger charge is -2.48. The number of imidazole rings is 1. The maximum Gasteiger partial charge on any atom is 0.252 e. The van der Waals surface area contributed by atoms with Crippen LogP contribution in [0.5, 0.6) is 0 Å². The number of morpholine rings is 1. The Kier molecular flexibility index (Phi) is 5.64. The van der Waals surface area contributed by atoms with Crippen LogP contribution in [0.1, 0.15) is 62.4 Å². The molecule has 28 heavy (non-hydrogen) atoms. The van der Waals surface area contributed by atoms with Gasteiger partial charge in [0.15, 0.2) is 5.65 Å². The number of fused-ring (bicyclic) bond motifs is 1. The lowest BCUT2D eigenvalue weighted by molar-refractivity contribution is -0.0361. The fraction of sp³-hybridized carbons (Fsp3) is 0.667. The summed E-state index contributed by atoms with van der Waals surface area (Å²) in [6.07, 6.45) is 9.49. The van der Waals surface area contributed by atoms with Gasteiger partial charge in [0.2, 0.25) is 0 Å². The first-order chi connectivity index (χ1) is 13.6. The standard InChI is InChI=1S/C21H31N5O2/c1-16(2)26-15-24-18-12-17(13-22-19(18)26)20(27)23-14-21(6-4-3-5-7-21)25-8-10-28-11-9-25/h12-13,15-16H,3-11,14H2,1-2H3,(H,23,27). The highest BCUT2D eigenvalue weighted by Crippen LogP contribution is 2.34. The van der Waals surface area contributed by atoms with Crippen LogP contribution in [0.2, 0.25) is 0 Å². The molecule has 1 amide bonds. The highest BCUT2D eigenvalue weighted by atomic mass is 16.5. The highest BCUT2D eigenvalue weighted by molar-refractivity contribution is 5.96. The molecule has 0 atom stereocenters. The third-order valence-electron chi connectivity index (χ3n) is 6.28. The Hall–Kier alpha value is -1.99. The smallest absolute Gasteiger partial charge is 0.252 e. The zero-order valence-electron chi connectivity index (χ0n) is 17.0. The zero-order valence-corrected chi connectivity index (χ0v) is 17.0. The van der Waals surface area contributed by atoms with Gasteiger partial charge in [0.05, 0.1) is 25.1 Å². The Bertz CT molecular complexity index is 819. The largest absolute Gasteiger partial charge is 0.379 e. The van der Waals surface area contributed by atoms with E-state index in [1.165, 1.54) is 19.3 Å². The molecule has 152 valence electrons. The van der Waals surface area contributed by atoms with Gasteiger partial charge in [0, 0.05) is 37.4 Å². The fourth-order valence-electron chi connectivity index (χ4n) is 4.62. The number of nitrogens with one attached hydrogen (secondary N) is 1. The molecule has 1 aliphatic heterocycles. The molecule has 2 aromatic rings. The Balaban J connectivity index is 1.48. The Morgan fingerprint density at radius 2 is 1.96 bits per heavy atom. The summed E-state index contributed by atoms with van der Waals surface area (Å²) in [7, 11) is 0. The van der Waals surface area contributed by atoms with Gasteiger partial charge >= 0.3 is 0 Å². The number of ether oxygens (including phenoxy) is 1. The van der Waals surface area contributed by atoms with Gasteiger partial charge in [-0.2, -0.15) is 0 Å². The van der Waals surface area contributed by atoms with Crippen LogP contribution in [-0.2, 0) is 4.74 Å². The average Bonchev–Trinajstić information content (AvgIpc) is 3.17. The van der Waals surface area contributed by atoms with E-state index in [0.29, 0.717) is 12.1 Å². The minimum absolute atomic E-state index is 0.0632. The van der Waals surface area contributed by atoms with Crippen molar-refractivity contribution in [2.75, 3.05) is 32.8 Å². The molecular weight excluding hydrogens is 354 g/mol. The summed E-state index contributed by atoms with van der Waals surface area (Å²) >= 11 is 0. The minimum atomic E-state index is -0.0632. The Labute approximate surface area is 166 Å². The summed E-state index contributed by atoms with van der Waals surface area (Å²) in [5.41, 5.74) is 2.23. The molecule has 0 radical (unpaired) electrons. The molecular formula is C21H31N5O2. The van der Waals surface area contributed by atoms with Crippen LogP contribution in [0.3, 0.4) is 0 Å². The number of hydrogen-bond donors (Lipinski definition) is 1. The second-order valence-corrected chi connectivity index (χ2v) is 8.38. The number of hydrogen-bond acceptors (Lipinski definition) is 5. The van der Waals surface area contributed by atoms with Crippen molar-refractivity contribution in [1.82, 2.24) is 24.8 Å². The number of nitrogens with zero attached hydrogens (tertiary/aromatic N) is 4. The summed E-state index contributed by atoms with van der Waals surface area (Å²) in [6, 6.07) is 2.13. The SMILES string of the molecule is CC(C)n1cnc2cc(C(=O)NCC3(N4CCOCC4)CCCCC3)cnc21. The molecule has 0 aromatic carbocycles. The average molecular weight is 386 g/mol. The molecule has 1 saturated heterocycles. The number of amides is 1. The van der Waals surface area contributed by atoms with Crippen molar-refractivity contribution in [2.45, 2.75) is 57.5 Å². The van der Waals surface area contributed by atoms with Gasteiger partial charge in [-0.05, 0) is 32.8 Å². The molecule has 0 bridgehead atoms. The van der Waals surface area contributed by atoms with Crippen LogP contribution >= 0.6 is 0 Å². The van der Waals surface area contributed by atoms with E-state index in [1.807, 2.05) is 10.6 Å². The predicted molar refractivity (Wildman–Crippen MR) is 108 cm³/mol. The van der Waals surface area contributed by atoms with Crippen LogP contribution in [-0.4, -0.2) is 63.7 Å². The third kappa shape index (κ3) is 3.78. The number of rotatable bonds is 5. The van der Waals surface area contributed by atoms with Gasteiger partial charge in [-0.15, -0.1) is 0 Å². The van der Waals surface area contributed by atoms with E-state index in [0.717, 1.165) is 50.3 Å². The van der Waals surface area contributed by atoms with Crippen molar-refractivity contribution < 1.29 is 9.53 Å². The van der Waals surface area contributed by atoms with E-state index < -0.39 is 0 Å². The lowest BCUT2D eigenvalue weighted by Crippen LogP contribution is -2.59. The molecule has 1 aliphatic carbocycles. The Morgan fingerprint density at radius 3 is 2.68 bits per heavy atom. The molecule has 2 aromatic heterocycles. The van der Waals surface area contributed by atoms with Gasteiger partial charge in [0.25, 0.3) is 5.91 Å². The molecule has 2 fully saturated rings. The molecule has 2 aliphatic rings. The predicted octanol–water partition coefficient (Wildman–Crippen LogP) is 2.78. The minimum Gasteiger partial charge on any atom is -0.379 e. The van der Waals surface area contributed by atoms with E-state index in [-0.39, 0.29) is 17.5 Å². The van der Waals surface area contributed by atoms with E-state index in [1.54, 1.807) is 12.5 Å². The zero-order chi connectivity index (χ0) is 19.6. The third-order valence-corrected chi connectivity index (χ3v) is 6.28. The summed E-state index contributed by atoms with van der Waals surface area (Å²) in [5.74, 6) is -0.0632. The van der Waals surface area contributed by atoms with Gasteiger partial charge in [-0.1, -0.05) is 19.3 Å². The normalized spacial score (nSPS) is 20.5. The van der Waals surface area contributed by atoms with Gasteiger partial charge in [0.1, 0.15) is 5.52 Å². The van der Waals surface area contributed by atoms with Crippen molar-refractivity contribution in [3.8, 4) is 0 Å². The highest BCUT2D eigenvalue weighted by Gasteiger charge is 2.38. The molecule has 7 heteroatoms. The summed E-state index contributed by atoms with van der Waals surface area (Å²) in [6.45, 7) is 8.36. The fourth-order valence-corrected chi connectivity index (χ4v) is 4.62. The van der Waals surface area contributed by atoms with Crippen molar-refractivity contribution in [2.24, 2.45) is 0 Å². The maximum atomic E-state index is 12.9. The number of pyridine rings is 1. The first-order valence-electron chi connectivity index (χ1n) is 10.5. The van der Waals surface area contributed by atoms with Crippen LogP contribution in [0, 0.1) is 0 Å². The molecule has 0 unspecified atom stereocenters. The van der Waals surface area contributed by atoms with E-state index in [9.17, 15) is 4.79 Å². The van der Waals surface area contributed by atoms with Crippen LogP contribution in [0.4, 0.5) is 0 Å². The van der Waals surface area contributed by atoms with Gasteiger partial charge in [-0.25, -0.2) is 9.97 Å². The number of carbonyl (C=O) groups excluding carboxylic acids is 1. The Morgan fingerprint density at radius 1 is 1.21 bits per heavy atom. The lowest BCUT2D eigenvalue weighted by atomic mass is 9.79. The molecule has 7 nitrogen and oxygen atoms in total. The second kappa shape index (κ2) is 8.17. The molecule has 3 heterocycles. The second-order valence-electron chi connectivity index (χ2n) is 8.38. The van der Waals surface area contributed by atoms with Gasteiger partial charge in [-0.3, -0.25) is 9.69 Å². The number of aromatic nitrogens is 3. The van der Waals surface area contributed by atoms with Crippen LogP contribution < -0.4 is 5.32 Å². The monoisotopic (exact) mass is 385 g/mol. The molecule has 1 saturated carbocycles. The topological polar surface area (TPSA) is 72.3 Å². The van der Waals surface area contributed by atoms with Crippen LogP contribution in [0.15, 0.2) is 18.6 Å². The van der Waals surface area contributed by atoms with Gasteiger partial charge < -0.3 is 14.6 Å². The maximum absolute atomic E-state index is 12.9. The first-order valence-corrected chi connectivity index (χ1v) is 10.5.